The highest BCUT2D eigenvalue weighted by molar-refractivity contribution is 7.86. The van der Waals surface area contributed by atoms with Crippen LogP contribution >= 0.6 is 0 Å². The van der Waals surface area contributed by atoms with Crippen LogP contribution in [0.2, 0.25) is 0 Å². The molecule has 12 nitrogen and oxygen atoms in total. The molecule has 3 saturated heterocycles. The molecule has 0 bridgehead atoms. The first-order valence-corrected chi connectivity index (χ1v) is 40.5. The van der Waals surface area contributed by atoms with E-state index in [1.807, 2.05) is 60.7 Å². The van der Waals surface area contributed by atoms with E-state index in [2.05, 4.69) is 205 Å². The van der Waals surface area contributed by atoms with Crippen LogP contribution in [-0.4, -0.2) is 140 Å². The van der Waals surface area contributed by atoms with E-state index in [1.54, 1.807) is 18.2 Å². The summed E-state index contributed by atoms with van der Waals surface area (Å²) in [6, 6.07) is 83.2. The Morgan fingerprint density at radius 3 is 1.15 bits per heavy atom. The lowest BCUT2D eigenvalue weighted by molar-refractivity contribution is 0.172. The van der Waals surface area contributed by atoms with Gasteiger partial charge in [0, 0.05) is 75.5 Å². The predicted octanol–water partition coefficient (Wildman–Crippen LogP) is 18.3. The molecule has 13 heteroatoms. The Kier molecular flexibility index (Phi) is 28.5. The predicted molar refractivity (Wildman–Crippen MR) is 440 cm³/mol. The van der Waals surface area contributed by atoms with Gasteiger partial charge in [0.2, 0.25) is 0 Å². The number of piperidine rings is 2. The summed E-state index contributed by atoms with van der Waals surface area (Å²) in [7, 11) is -3.61. The zero-order chi connectivity index (χ0) is 74.4. The topological polar surface area (TPSA) is 163 Å². The zero-order valence-electron chi connectivity index (χ0n) is 63.0. The van der Waals surface area contributed by atoms with Crippen molar-refractivity contribution in [1.29, 1.82) is 0 Å². The third-order valence-corrected chi connectivity index (χ3v) is 22.0. The van der Waals surface area contributed by atoms with Gasteiger partial charge >= 0.3 is 10.1 Å². The van der Waals surface area contributed by atoms with Gasteiger partial charge in [-0.1, -0.05) is 188 Å². The SMILES string of the molecule is CC(C)N1CCC(c2ccc(/C(=C(/CCCO)c3ccccc3)c3ccc(N)cc3)cc2)CC1.CC(C)N1CCN(c2ccc(/C(=C(/CCCO)c3ccccc3)c3ccc(OS(C)(=O)=O)cc3)cc2)CC1.OCCC/C(=C(/c1ccc(C2CCN(C3CC3)CC2)cc1)c1cccc(O)c1)c1ccccc1. The van der Waals surface area contributed by atoms with Crippen LogP contribution in [0.15, 0.2) is 237 Å². The van der Waals surface area contributed by atoms with E-state index < -0.39 is 10.1 Å². The molecule has 6 N–H and O–H groups in total. The van der Waals surface area contributed by atoms with E-state index in [9.17, 15) is 28.8 Å². The minimum absolute atomic E-state index is 0.103. The third kappa shape index (κ3) is 21.7. The highest BCUT2D eigenvalue weighted by atomic mass is 32.2. The van der Waals surface area contributed by atoms with Gasteiger partial charge < -0.3 is 45.0 Å². The number of allylic oxidation sites excluding steroid dienone is 3. The molecule has 0 spiro atoms. The molecule has 106 heavy (non-hydrogen) atoms. The standard InChI is InChI=1S/C31H38N2O4S.C31H38N2O.C31H35NO2/c1-24(2)32-19-21-33(22-20-32)28-15-11-26(12-16-28)31(27-13-17-29(18-14-27)37-38(3,35)36)30(10-7-23-34)25-8-5-4-6-9-25;1-23(2)33-20-18-25(19-21-33)24-10-12-27(13-11-24)31(28-14-16-29(32)17-15-28)30(9-6-22-34)26-7-4-3-5-8-26;33-21-5-10-30(25-6-2-1-3-7-25)31(27-8-4-9-29(34)22-27)26-13-11-23(12-14-26)24-17-19-32(20-18-24)28-15-16-28/h4-6,8-9,11-18,24,34H,7,10,19-23H2,1-3H3;3-5,7-8,10-17,23,25,34H,6,9,18-22,32H2,1-2H3;1-4,6-9,11-14,22,24,28,33-34H,5,10,15-21H2/b3*31-30+. The molecular weight excluding hydrogens is 1330 g/mol. The number of rotatable bonds is 26. The van der Waals surface area contributed by atoms with Crippen molar-refractivity contribution in [3.63, 3.8) is 0 Å². The van der Waals surface area contributed by atoms with E-state index >= 15 is 0 Å². The van der Waals surface area contributed by atoms with Crippen molar-refractivity contribution in [2.75, 3.05) is 89.1 Å². The lowest BCUT2D eigenvalue weighted by atomic mass is 9.85. The molecule has 556 valence electrons. The van der Waals surface area contributed by atoms with E-state index in [0.717, 1.165) is 119 Å². The monoisotopic (exact) mass is 1440 g/mol. The summed E-state index contributed by atoms with van der Waals surface area (Å²) in [5.41, 5.74) is 27.9. The van der Waals surface area contributed by atoms with Gasteiger partial charge in [-0.05, 0) is 286 Å². The Labute approximate surface area is 632 Å². The first-order valence-electron chi connectivity index (χ1n) is 38.7. The Morgan fingerprint density at radius 1 is 0.415 bits per heavy atom. The summed E-state index contributed by atoms with van der Waals surface area (Å²) in [6.45, 7) is 18.5. The summed E-state index contributed by atoms with van der Waals surface area (Å²) in [5, 5.41) is 39.1. The van der Waals surface area contributed by atoms with Crippen molar-refractivity contribution >= 4 is 54.9 Å². The van der Waals surface area contributed by atoms with Crippen LogP contribution in [0.4, 0.5) is 11.4 Å². The van der Waals surface area contributed by atoms with Gasteiger partial charge in [-0.2, -0.15) is 8.42 Å². The molecule has 4 fully saturated rings. The second-order valence-corrected chi connectivity index (χ2v) is 31.1. The lowest BCUT2D eigenvalue weighted by Gasteiger charge is -2.38. The number of hydrogen-bond acceptors (Lipinski definition) is 12. The second kappa shape index (κ2) is 38.6. The molecule has 1 saturated carbocycles. The lowest BCUT2D eigenvalue weighted by Crippen LogP contribution is -2.48. The molecule has 3 heterocycles. The van der Waals surface area contributed by atoms with Crippen LogP contribution in [0.25, 0.3) is 33.4 Å². The van der Waals surface area contributed by atoms with Crippen LogP contribution < -0.4 is 14.8 Å². The number of nitrogens with two attached hydrogens (primary N) is 1. The van der Waals surface area contributed by atoms with Gasteiger partial charge in [0.15, 0.2) is 0 Å². The third-order valence-electron chi connectivity index (χ3n) is 21.5. The minimum Gasteiger partial charge on any atom is -0.508 e. The van der Waals surface area contributed by atoms with Crippen molar-refractivity contribution in [2.24, 2.45) is 0 Å². The largest absolute Gasteiger partial charge is 0.508 e. The number of benzene rings is 9. The summed E-state index contributed by atoms with van der Waals surface area (Å²) in [4.78, 5) is 10.2. The number of anilines is 2. The van der Waals surface area contributed by atoms with Gasteiger partial charge in [-0.3, -0.25) is 4.90 Å². The number of phenols is 1. The van der Waals surface area contributed by atoms with E-state index in [4.69, 9.17) is 9.92 Å². The average Bonchev–Trinajstić information content (AvgIpc) is 1.10. The molecule has 0 aromatic heterocycles. The Hall–Kier alpha value is -8.89. The second-order valence-electron chi connectivity index (χ2n) is 29.5. The number of nitrogens with zero attached hydrogens (tertiary/aromatic N) is 4. The van der Waals surface area contributed by atoms with Crippen LogP contribution in [0, 0.1) is 0 Å². The van der Waals surface area contributed by atoms with E-state index in [0.29, 0.717) is 43.2 Å². The van der Waals surface area contributed by atoms with Gasteiger partial charge in [-0.15, -0.1) is 0 Å². The first-order chi connectivity index (χ1) is 51.5. The summed E-state index contributed by atoms with van der Waals surface area (Å²) in [5.74, 6) is 1.82. The number of aliphatic hydroxyl groups is 3. The highest BCUT2D eigenvalue weighted by Crippen LogP contribution is 2.42. The number of hydrogen-bond donors (Lipinski definition) is 5. The number of aromatic hydroxyl groups is 1. The van der Waals surface area contributed by atoms with Crippen LogP contribution in [0.3, 0.4) is 0 Å². The summed E-state index contributed by atoms with van der Waals surface area (Å²) >= 11 is 0. The Bertz CT molecular complexity index is 4390. The van der Waals surface area contributed by atoms with Gasteiger partial charge in [-0.25, -0.2) is 0 Å². The van der Waals surface area contributed by atoms with E-state index in [1.165, 1.54) is 109 Å². The Morgan fingerprint density at radius 2 is 0.774 bits per heavy atom. The number of piperazine rings is 1. The molecule has 0 radical (unpaired) electrons. The molecule has 4 aliphatic rings. The fourth-order valence-corrected chi connectivity index (χ4v) is 16.1. The fraction of sp³-hybridized carbons (Fsp3) is 0.355. The van der Waals surface area contributed by atoms with Crippen LogP contribution in [0.5, 0.6) is 11.5 Å². The smallest absolute Gasteiger partial charge is 0.306 e. The molecule has 1 aliphatic carbocycles. The van der Waals surface area contributed by atoms with Gasteiger partial charge in [0.1, 0.15) is 11.5 Å². The van der Waals surface area contributed by atoms with Crippen LogP contribution in [0.1, 0.15) is 178 Å². The van der Waals surface area contributed by atoms with Gasteiger partial charge in [0.25, 0.3) is 0 Å². The molecular formula is C93H111N5O7S. The van der Waals surface area contributed by atoms with Crippen molar-refractivity contribution in [2.45, 2.75) is 135 Å². The molecule has 3 aliphatic heterocycles. The van der Waals surface area contributed by atoms with Crippen LogP contribution in [-0.2, 0) is 10.1 Å². The molecule has 13 rings (SSSR count). The number of aliphatic hydroxyl groups excluding tert-OH is 3. The highest BCUT2D eigenvalue weighted by Gasteiger charge is 2.33. The zero-order valence-corrected chi connectivity index (χ0v) is 63.8. The Balaban J connectivity index is 0.000000159. The number of likely N-dealkylation sites (tertiary alicyclic amines) is 2. The van der Waals surface area contributed by atoms with Crippen molar-refractivity contribution in [1.82, 2.24) is 14.7 Å². The summed E-state index contributed by atoms with van der Waals surface area (Å²) < 4.78 is 28.3. The molecule has 9 aromatic carbocycles. The maximum Gasteiger partial charge on any atom is 0.306 e. The molecule has 0 unspecified atom stereocenters. The first kappa shape index (κ1) is 78.2. The maximum absolute atomic E-state index is 11.6. The quantitative estimate of drug-likeness (QED) is 0.0198. The van der Waals surface area contributed by atoms with Gasteiger partial charge in [0.05, 0.1) is 6.26 Å². The van der Waals surface area contributed by atoms with E-state index in [-0.39, 0.29) is 31.3 Å². The summed E-state index contributed by atoms with van der Waals surface area (Å²) in [6.07, 6.45) is 13.1. The fourth-order valence-electron chi connectivity index (χ4n) is 15.6. The number of phenolic OH excluding ortho intramolecular Hbond substituents is 1. The minimum atomic E-state index is -3.61. The van der Waals surface area contributed by atoms with Crippen molar-refractivity contribution < 1.29 is 33.0 Å². The molecule has 0 amide bonds. The van der Waals surface area contributed by atoms with Crippen molar-refractivity contribution in [3.8, 4) is 11.5 Å². The average molecular weight is 1440 g/mol. The van der Waals surface area contributed by atoms with Crippen molar-refractivity contribution in [3.05, 3.63) is 298 Å². The maximum atomic E-state index is 11.6. The normalized spacial score (nSPS) is 16.5. The number of nitrogen functional groups attached to an aromatic ring is 1. The molecule has 9 aromatic rings. The molecule has 0 atom stereocenters.